The van der Waals surface area contributed by atoms with Crippen molar-refractivity contribution in [2.24, 2.45) is 11.7 Å². The average molecular weight is 194 g/mol. The number of esters is 1. The largest absolute Gasteiger partial charge is 0.469 e. The van der Waals surface area contributed by atoms with Gasteiger partial charge < -0.3 is 10.5 Å². The number of methoxy groups -OCH3 is 1. The molecule has 12 heavy (non-hydrogen) atoms. The van der Waals surface area contributed by atoms with Gasteiger partial charge in [0.1, 0.15) is 0 Å². The molecular formula is C8H16ClNO2. The molecule has 1 fully saturated rings. The molecule has 0 heterocycles. The smallest absolute Gasteiger partial charge is 0.308 e. The molecule has 4 heteroatoms. The minimum Gasteiger partial charge on any atom is -0.469 e. The van der Waals surface area contributed by atoms with E-state index < -0.39 is 0 Å². The predicted molar refractivity (Wildman–Crippen MR) is 49.2 cm³/mol. The van der Waals surface area contributed by atoms with Crippen LogP contribution < -0.4 is 5.73 Å². The van der Waals surface area contributed by atoms with Gasteiger partial charge >= 0.3 is 5.97 Å². The maximum atomic E-state index is 11.0. The summed E-state index contributed by atoms with van der Waals surface area (Å²) in [7, 11) is 1.44. The van der Waals surface area contributed by atoms with Crippen LogP contribution in [-0.2, 0) is 9.53 Å². The van der Waals surface area contributed by atoms with Crippen LogP contribution in [0.4, 0.5) is 0 Å². The lowest BCUT2D eigenvalue weighted by molar-refractivity contribution is -0.146. The number of hydrogen-bond donors (Lipinski definition) is 1. The lowest BCUT2D eigenvalue weighted by Gasteiger charge is -2.23. The summed E-state index contributed by atoms with van der Waals surface area (Å²) < 4.78 is 4.65. The van der Waals surface area contributed by atoms with E-state index in [0.717, 1.165) is 25.7 Å². The van der Waals surface area contributed by atoms with Gasteiger partial charge in [0.2, 0.25) is 0 Å². The molecule has 72 valence electrons. The van der Waals surface area contributed by atoms with E-state index in [0.29, 0.717) is 6.04 Å². The van der Waals surface area contributed by atoms with Crippen LogP contribution >= 0.6 is 12.4 Å². The summed E-state index contributed by atoms with van der Waals surface area (Å²) in [5.41, 5.74) is 5.69. The second-order valence-corrected chi connectivity index (χ2v) is 3.13. The molecule has 0 aliphatic heterocycles. The third-order valence-corrected chi connectivity index (χ3v) is 2.31. The minimum absolute atomic E-state index is 0. The van der Waals surface area contributed by atoms with E-state index in [1.165, 1.54) is 7.11 Å². The monoisotopic (exact) mass is 193 g/mol. The van der Waals surface area contributed by atoms with E-state index >= 15 is 0 Å². The van der Waals surface area contributed by atoms with Gasteiger partial charge in [-0.3, -0.25) is 4.79 Å². The van der Waals surface area contributed by atoms with E-state index in [2.05, 4.69) is 4.74 Å². The summed E-state index contributed by atoms with van der Waals surface area (Å²) in [6.45, 7) is 0. The molecule has 1 aliphatic rings. The van der Waals surface area contributed by atoms with Gasteiger partial charge in [-0.05, 0) is 25.7 Å². The Morgan fingerprint density at radius 3 is 2.25 bits per heavy atom. The molecule has 1 saturated carbocycles. The van der Waals surface area contributed by atoms with Crippen LogP contribution in [0.1, 0.15) is 25.7 Å². The molecule has 1 aliphatic carbocycles. The number of nitrogens with two attached hydrogens (primary N) is 1. The number of rotatable bonds is 1. The van der Waals surface area contributed by atoms with Gasteiger partial charge in [-0.1, -0.05) is 0 Å². The zero-order valence-electron chi connectivity index (χ0n) is 7.29. The van der Waals surface area contributed by atoms with Crippen molar-refractivity contribution in [1.82, 2.24) is 0 Å². The molecule has 0 radical (unpaired) electrons. The second-order valence-electron chi connectivity index (χ2n) is 3.13. The lowest BCUT2D eigenvalue weighted by Crippen LogP contribution is -2.30. The van der Waals surface area contributed by atoms with Crippen molar-refractivity contribution in [3.8, 4) is 0 Å². The van der Waals surface area contributed by atoms with E-state index in [-0.39, 0.29) is 24.3 Å². The Kier molecular flexibility index (Phi) is 5.25. The highest BCUT2D eigenvalue weighted by Gasteiger charge is 2.24. The fourth-order valence-corrected chi connectivity index (χ4v) is 1.52. The molecular weight excluding hydrogens is 178 g/mol. The van der Waals surface area contributed by atoms with Crippen LogP contribution in [0.3, 0.4) is 0 Å². The Bertz CT molecular complexity index is 144. The van der Waals surface area contributed by atoms with Crippen molar-refractivity contribution >= 4 is 18.4 Å². The van der Waals surface area contributed by atoms with Crippen molar-refractivity contribution in [3.05, 3.63) is 0 Å². The Labute approximate surface area is 79.1 Å². The van der Waals surface area contributed by atoms with Crippen LogP contribution in [0.25, 0.3) is 0 Å². The molecule has 0 spiro atoms. The first-order valence-electron chi connectivity index (χ1n) is 4.07. The summed E-state index contributed by atoms with van der Waals surface area (Å²) in [5, 5.41) is 0. The van der Waals surface area contributed by atoms with Gasteiger partial charge in [0.15, 0.2) is 0 Å². The highest BCUT2D eigenvalue weighted by molar-refractivity contribution is 5.85. The Morgan fingerprint density at radius 1 is 1.33 bits per heavy atom. The SMILES string of the molecule is COC(=O)[C@H]1CC[C@H](N)CC1.Cl. The Hall–Kier alpha value is -0.280. The molecule has 3 nitrogen and oxygen atoms in total. The van der Waals surface area contributed by atoms with Gasteiger partial charge in [0.05, 0.1) is 13.0 Å². The van der Waals surface area contributed by atoms with Crippen LogP contribution in [0, 0.1) is 5.92 Å². The molecule has 1 rings (SSSR count). The molecule has 0 atom stereocenters. The van der Waals surface area contributed by atoms with E-state index in [1.807, 2.05) is 0 Å². The number of ether oxygens (including phenoxy) is 1. The fraction of sp³-hybridized carbons (Fsp3) is 0.875. The van der Waals surface area contributed by atoms with Crippen LogP contribution in [0.15, 0.2) is 0 Å². The third kappa shape index (κ3) is 2.99. The van der Waals surface area contributed by atoms with Crippen molar-refractivity contribution in [2.45, 2.75) is 31.7 Å². The van der Waals surface area contributed by atoms with Crippen molar-refractivity contribution in [2.75, 3.05) is 7.11 Å². The average Bonchev–Trinajstić information content (AvgIpc) is 2.05. The highest BCUT2D eigenvalue weighted by atomic mass is 35.5. The standard InChI is InChI=1S/C8H15NO2.ClH/c1-11-8(10)6-2-4-7(9)5-3-6;/h6-7H,2-5,9H2,1H3;1H/t6-,7-;. The van der Waals surface area contributed by atoms with Crippen LogP contribution in [0.5, 0.6) is 0 Å². The third-order valence-electron chi connectivity index (χ3n) is 2.31. The normalized spacial score (nSPS) is 28.8. The van der Waals surface area contributed by atoms with Gasteiger partial charge in [-0.15, -0.1) is 12.4 Å². The zero-order chi connectivity index (χ0) is 8.27. The number of carbonyl (C=O) groups is 1. The van der Waals surface area contributed by atoms with E-state index in [1.54, 1.807) is 0 Å². The van der Waals surface area contributed by atoms with Gasteiger partial charge in [-0.25, -0.2) is 0 Å². The number of halogens is 1. The molecule has 0 bridgehead atoms. The van der Waals surface area contributed by atoms with E-state index in [9.17, 15) is 4.79 Å². The van der Waals surface area contributed by atoms with Crippen LogP contribution in [0.2, 0.25) is 0 Å². The van der Waals surface area contributed by atoms with Crippen molar-refractivity contribution in [3.63, 3.8) is 0 Å². The van der Waals surface area contributed by atoms with Gasteiger partial charge in [0.25, 0.3) is 0 Å². The summed E-state index contributed by atoms with van der Waals surface area (Å²) in [5.74, 6) is 0.0386. The summed E-state index contributed by atoms with van der Waals surface area (Å²) in [4.78, 5) is 11.0. The van der Waals surface area contributed by atoms with E-state index in [4.69, 9.17) is 5.73 Å². The summed E-state index contributed by atoms with van der Waals surface area (Å²) in [6.07, 6.45) is 3.71. The maximum Gasteiger partial charge on any atom is 0.308 e. The molecule has 2 N–H and O–H groups in total. The Morgan fingerprint density at radius 2 is 1.83 bits per heavy atom. The quantitative estimate of drug-likeness (QED) is 0.635. The molecule has 0 unspecified atom stereocenters. The minimum atomic E-state index is -0.0723. The number of carbonyl (C=O) groups excluding carboxylic acids is 1. The van der Waals surface area contributed by atoms with Crippen LogP contribution in [-0.4, -0.2) is 19.1 Å². The molecule has 0 aromatic rings. The first-order chi connectivity index (χ1) is 5.24. The number of hydrogen-bond acceptors (Lipinski definition) is 3. The van der Waals surface area contributed by atoms with Gasteiger partial charge in [0, 0.05) is 6.04 Å². The second kappa shape index (κ2) is 5.38. The predicted octanol–water partition coefficient (Wildman–Crippen LogP) is 1.10. The molecule has 0 saturated heterocycles. The molecule has 0 amide bonds. The van der Waals surface area contributed by atoms with Crippen molar-refractivity contribution in [1.29, 1.82) is 0 Å². The maximum absolute atomic E-state index is 11.0. The van der Waals surface area contributed by atoms with Crippen molar-refractivity contribution < 1.29 is 9.53 Å². The fourth-order valence-electron chi connectivity index (χ4n) is 1.52. The van der Waals surface area contributed by atoms with Gasteiger partial charge in [-0.2, -0.15) is 0 Å². The Balaban J connectivity index is 0.00000121. The molecule has 0 aromatic carbocycles. The molecule has 0 aromatic heterocycles. The lowest BCUT2D eigenvalue weighted by atomic mass is 9.87. The zero-order valence-corrected chi connectivity index (χ0v) is 8.10. The first-order valence-corrected chi connectivity index (χ1v) is 4.07. The first kappa shape index (κ1) is 11.7. The topological polar surface area (TPSA) is 52.3 Å². The summed E-state index contributed by atoms with van der Waals surface area (Å²) >= 11 is 0. The summed E-state index contributed by atoms with van der Waals surface area (Å²) in [6, 6.07) is 0.302. The highest BCUT2D eigenvalue weighted by Crippen LogP contribution is 2.23.